The normalized spacial score (nSPS) is 23.9. The molecule has 0 bridgehead atoms. The molecule has 0 unspecified atom stereocenters. The summed E-state index contributed by atoms with van der Waals surface area (Å²) in [6, 6.07) is 0.649. The SMILES string of the molecule is CNC1CCN(CC(=O)N2CCCCC2)CC1. The quantitative estimate of drug-likeness (QED) is 0.787. The topological polar surface area (TPSA) is 35.6 Å². The van der Waals surface area contributed by atoms with Crippen LogP contribution in [0.25, 0.3) is 0 Å². The molecule has 0 aromatic heterocycles. The first-order chi connectivity index (χ1) is 8.29. The van der Waals surface area contributed by atoms with Crippen LogP contribution in [0, 0.1) is 0 Å². The van der Waals surface area contributed by atoms with Gasteiger partial charge in [0.2, 0.25) is 5.91 Å². The fourth-order valence-corrected chi connectivity index (χ4v) is 2.81. The molecule has 2 aliphatic heterocycles. The third-order valence-corrected chi connectivity index (χ3v) is 4.06. The van der Waals surface area contributed by atoms with Gasteiger partial charge in [-0.2, -0.15) is 0 Å². The van der Waals surface area contributed by atoms with E-state index in [-0.39, 0.29) is 0 Å². The standard InChI is InChI=1S/C13H25N3O/c1-14-12-5-9-15(10-6-12)11-13(17)16-7-3-2-4-8-16/h12,14H,2-11H2,1H3. The summed E-state index contributed by atoms with van der Waals surface area (Å²) >= 11 is 0. The Hall–Kier alpha value is -0.610. The summed E-state index contributed by atoms with van der Waals surface area (Å²) in [5.74, 6) is 0.340. The van der Waals surface area contributed by atoms with E-state index in [1.54, 1.807) is 0 Å². The van der Waals surface area contributed by atoms with Gasteiger partial charge in [0.1, 0.15) is 0 Å². The van der Waals surface area contributed by atoms with Crippen molar-refractivity contribution in [2.75, 3.05) is 39.8 Å². The molecular weight excluding hydrogens is 214 g/mol. The number of nitrogens with zero attached hydrogens (tertiary/aromatic N) is 2. The maximum absolute atomic E-state index is 12.1. The van der Waals surface area contributed by atoms with E-state index in [1.807, 2.05) is 11.9 Å². The fourth-order valence-electron chi connectivity index (χ4n) is 2.81. The maximum atomic E-state index is 12.1. The van der Waals surface area contributed by atoms with Crippen LogP contribution in [0.1, 0.15) is 32.1 Å². The number of amides is 1. The third kappa shape index (κ3) is 3.68. The predicted octanol–water partition coefficient (Wildman–Crippen LogP) is 0.683. The van der Waals surface area contributed by atoms with Crippen molar-refractivity contribution in [2.45, 2.75) is 38.1 Å². The van der Waals surface area contributed by atoms with E-state index in [0.717, 1.165) is 26.2 Å². The molecule has 1 N–H and O–H groups in total. The number of rotatable bonds is 3. The molecule has 4 nitrogen and oxygen atoms in total. The molecule has 0 aromatic carbocycles. The van der Waals surface area contributed by atoms with Crippen molar-refractivity contribution in [1.82, 2.24) is 15.1 Å². The molecule has 17 heavy (non-hydrogen) atoms. The van der Waals surface area contributed by atoms with Gasteiger partial charge >= 0.3 is 0 Å². The van der Waals surface area contributed by atoms with E-state index in [9.17, 15) is 4.79 Å². The highest BCUT2D eigenvalue weighted by Crippen LogP contribution is 2.12. The van der Waals surface area contributed by atoms with Crippen LogP contribution in [0.2, 0.25) is 0 Å². The van der Waals surface area contributed by atoms with Gasteiger partial charge in [0, 0.05) is 32.2 Å². The molecule has 2 saturated heterocycles. The first-order valence-electron chi connectivity index (χ1n) is 6.97. The Kier molecular flexibility index (Phi) is 4.80. The van der Waals surface area contributed by atoms with Gasteiger partial charge in [0.05, 0.1) is 6.54 Å². The predicted molar refractivity (Wildman–Crippen MR) is 69.0 cm³/mol. The smallest absolute Gasteiger partial charge is 0.236 e. The lowest BCUT2D eigenvalue weighted by molar-refractivity contribution is -0.133. The van der Waals surface area contributed by atoms with Crippen LogP contribution in [-0.2, 0) is 4.79 Å². The number of carbonyl (C=O) groups excluding carboxylic acids is 1. The van der Waals surface area contributed by atoms with Gasteiger partial charge < -0.3 is 10.2 Å². The number of hydrogen-bond donors (Lipinski definition) is 1. The van der Waals surface area contributed by atoms with Crippen LogP contribution in [-0.4, -0.2) is 61.5 Å². The minimum atomic E-state index is 0.340. The number of carbonyl (C=O) groups is 1. The Morgan fingerprint density at radius 2 is 1.76 bits per heavy atom. The zero-order valence-electron chi connectivity index (χ0n) is 11.0. The lowest BCUT2D eigenvalue weighted by Gasteiger charge is -2.34. The third-order valence-electron chi connectivity index (χ3n) is 4.06. The zero-order chi connectivity index (χ0) is 12.1. The van der Waals surface area contributed by atoms with Gasteiger partial charge in [-0.25, -0.2) is 0 Å². The highest BCUT2D eigenvalue weighted by Gasteiger charge is 2.22. The van der Waals surface area contributed by atoms with Crippen LogP contribution >= 0.6 is 0 Å². The van der Waals surface area contributed by atoms with Crippen molar-refractivity contribution in [3.63, 3.8) is 0 Å². The summed E-state index contributed by atoms with van der Waals surface area (Å²) in [4.78, 5) is 16.4. The van der Waals surface area contributed by atoms with Crippen molar-refractivity contribution >= 4 is 5.91 Å². The van der Waals surface area contributed by atoms with Crippen LogP contribution in [0.5, 0.6) is 0 Å². The van der Waals surface area contributed by atoms with Gasteiger partial charge in [-0.1, -0.05) is 0 Å². The molecule has 2 aliphatic rings. The van der Waals surface area contributed by atoms with E-state index in [1.165, 1.54) is 32.1 Å². The van der Waals surface area contributed by atoms with Gasteiger partial charge in [-0.3, -0.25) is 9.69 Å². The van der Waals surface area contributed by atoms with Crippen LogP contribution in [0.15, 0.2) is 0 Å². The molecule has 2 rings (SSSR count). The van der Waals surface area contributed by atoms with E-state index in [0.29, 0.717) is 18.5 Å². The van der Waals surface area contributed by atoms with Crippen molar-refractivity contribution in [1.29, 1.82) is 0 Å². The maximum Gasteiger partial charge on any atom is 0.236 e. The molecule has 4 heteroatoms. The Labute approximate surface area is 104 Å². The van der Waals surface area contributed by atoms with Gasteiger partial charge in [-0.05, 0) is 39.2 Å². The van der Waals surface area contributed by atoms with Crippen molar-refractivity contribution in [3.8, 4) is 0 Å². The molecule has 0 saturated carbocycles. The van der Waals surface area contributed by atoms with Crippen LogP contribution in [0.4, 0.5) is 0 Å². The van der Waals surface area contributed by atoms with Gasteiger partial charge in [-0.15, -0.1) is 0 Å². The van der Waals surface area contributed by atoms with E-state index >= 15 is 0 Å². The molecule has 0 aliphatic carbocycles. The highest BCUT2D eigenvalue weighted by atomic mass is 16.2. The second kappa shape index (κ2) is 6.36. The van der Waals surface area contributed by atoms with E-state index < -0.39 is 0 Å². The summed E-state index contributed by atoms with van der Waals surface area (Å²) in [7, 11) is 2.03. The minimum Gasteiger partial charge on any atom is -0.342 e. The summed E-state index contributed by atoms with van der Waals surface area (Å²) in [5, 5.41) is 3.32. The Balaban J connectivity index is 1.71. The molecule has 2 fully saturated rings. The molecule has 98 valence electrons. The fraction of sp³-hybridized carbons (Fsp3) is 0.923. The van der Waals surface area contributed by atoms with Gasteiger partial charge in [0.25, 0.3) is 0 Å². The number of hydrogen-bond acceptors (Lipinski definition) is 3. The first-order valence-corrected chi connectivity index (χ1v) is 6.97. The lowest BCUT2D eigenvalue weighted by atomic mass is 10.1. The summed E-state index contributed by atoms with van der Waals surface area (Å²) < 4.78 is 0. The first kappa shape index (κ1) is 12.8. The summed E-state index contributed by atoms with van der Waals surface area (Å²) in [6.45, 7) is 4.71. The van der Waals surface area contributed by atoms with Crippen LogP contribution in [0.3, 0.4) is 0 Å². The number of nitrogens with one attached hydrogen (secondary N) is 1. The van der Waals surface area contributed by atoms with Crippen molar-refractivity contribution in [2.24, 2.45) is 0 Å². The second-order valence-corrected chi connectivity index (χ2v) is 5.28. The van der Waals surface area contributed by atoms with Crippen molar-refractivity contribution < 1.29 is 4.79 Å². The zero-order valence-corrected chi connectivity index (χ0v) is 11.0. The average molecular weight is 239 g/mol. The van der Waals surface area contributed by atoms with E-state index in [2.05, 4.69) is 10.2 Å². The molecule has 0 radical (unpaired) electrons. The minimum absolute atomic E-state index is 0.340. The van der Waals surface area contributed by atoms with E-state index in [4.69, 9.17) is 0 Å². The molecule has 2 heterocycles. The largest absolute Gasteiger partial charge is 0.342 e. The number of piperidine rings is 2. The Morgan fingerprint density at radius 3 is 2.35 bits per heavy atom. The molecule has 0 aromatic rings. The Morgan fingerprint density at radius 1 is 1.12 bits per heavy atom. The summed E-state index contributed by atoms with van der Waals surface area (Å²) in [5.41, 5.74) is 0. The second-order valence-electron chi connectivity index (χ2n) is 5.28. The summed E-state index contributed by atoms with van der Waals surface area (Å²) in [6.07, 6.45) is 6.01. The molecular formula is C13H25N3O. The average Bonchev–Trinajstić information content (AvgIpc) is 2.40. The molecule has 1 amide bonds. The lowest BCUT2D eigenvalue weighted by Crippen LogP contribution is -2.47. The van der Waals surface area contributed by atoms with Gasteiger partial charge in [0.15, 0.2) is 0 Å². The van der Waals surface area contributed by atoms with Crippen LogP contribution < -0.4 is 5.32 Å². The molecule has 0 spiro atoms. The Bertz CT molecular complexity index is 243. The monoisotopic (exact) mass is 239 g/mol. The number of likely N-dealkylation sites (tertiary alicyclic amines) is 2. The molecule has 0 atom stereocenters. The van der Waals surface area contributed by atoms with Crippen molar-refractivity contribution in [3.05, 3.63) is 0 Å². The highest BCUT2D eigenvalue weighted by molar-refractivity contribution is 5.78.